The van der Waals surface area contributed by atoms with Crippen molar-refractivity contribution in [1.82, 2.24) is 0 Å². The highest BCUT2D eigenvalue weighted by Gasteiger charge is 2.27. The molecule has 0 saturated carbocycles. The van der Waals surface area contributed by atoms with E-state index in [2.05, 4.69) is 10.1 Å². The summed E-state index contributed by atoms with van der Waals surface area (Å²) in [6.45, 7) is -2.25. The van der Waals surface area contributed by atoms with Gasteiger partial charge in [-0.1, -0.05) is 12.1 Å². The molecule has 1 amide bonds. The maximum Gasteiger partial charge on any atom is 0.411 e. The maximum absolute atomic E-state index is 11.8. The molecule has 1 aromatic rings. The lowest BCUT2D eigenvalue weighted by molar-refractivity contribution is -0.174. The van der Waals surface area contributed by atoms with Crippen molar-refractivity contribution >= 4 is 21.4 Å². The molecule has 118 valence electrons. The van der Waals surface area contributed by atoms with Crippen molar-refractivity contribution in [3.63, 3.8) is 0 Å². The van der Waals surface area contributed by atoms with Crippen molar-refractivity contribution in [1.29, 1.82) is 0 Å². The van der Waals surface area contributed by atoms with Gasteiger partial charge in [-0.2, -0.15) is 13.2 Å². The van der Waals surface area contributed by atoms with E-state index in [1.54, 1.807) is 6.07 Å². The number of sulfone groups is 1. The van der Waals surface area contributed by atoms with Crippen molar-refractivity contribution in [3.8, 4) is 0 Å². The third-order valence-electron chi connectivity index (χ3n) is 2.14. The predicted molar refractivity (Wildman–Crippen MR) is 70.5 cm³/mol. The average Bonchev–Trinajstić information content (AvgIpc) is 2.24. The Labute approximate surface area is 120 Å². The molecular weight excluding hydrogens is 311 g/mol. The van der Waals surface area contributed by atoms with Crippen molar-refractivity contribution in [3.05, 3.63) is 29.8 Å². The second-order valence-corrected chi connectivity index (χ2v) is 6.57. The first kappa shape index (κ1) is 17.4. The molecule has 0 aliphatic heterocycles. The van der Waals surface area contributed by atoms with E-state index in [1.807, 2.05) is 0 Å². The van der Waals surface area contributed by atoms with Gasteiger partial charge in [0.25, 0.3) is 0 Å². The van der Waals surface area contributed by atoms with Crippen molar-refractivity contribution in [2.75, 3.05) is 24.8 Å². The van der Waals surface area contributed by atoms with Gasteiger partial charge in [0.1, 0.15) is 13.2 Å². The van der Waals surface area contributed by atoms with Crippen molar-refractivity contribution in [2.24, 2.45) is 0 Å². The van der Waals surface area contributed by atoms with E-state index in [9.17, 15) is 26.4 Å². The van der Waals surface area contributed by atoms with E-state index in [-0.39, 0.29) is 11.4 Å². The first-order chi connectivity index (χ1) is 9.55. The molecule has 9 heteroatoms. The highest BCUT2D eigenvalue weighted by molar-refractivity contribution is 7.89. The van der Waals surface area contributed by atoms with E-state index in [0.29, 0.717) is 5.56 Å². The number of nitrogens with one attached hydrogen (secondary N) is 1. The summed E-state index contributed by atoms with van der Waals surface area (Å²) in [7, 11) is -3.22. The Morgan fingerprint density at radius 3 is 2.57 bits per heavy atom. The van der Waals surface area contributed by atoms with Gasteiger partial charge in [-0.3, -0.25) is 4.79 Å². The fourth-order valence-corrected chi connectivity index (χ4v) is 2.28. The molecular formula is C12H14F3NO4S. The van der Waals surface area contributed by atoms with Crippen LogP contribution in [0.25, 0.3) is 0 Å². The van der Waals surface area contributed by atoms with Crippen LogP contribution in [0.2, 0.25) is 0 Å². The van der Waals surface area contributed by atoms with E-state index < -0.39 is 35.1 Å². The van der Waals surface area contributed by atoms with Gasteiger partial charge < -0.3 is 10.1 Å². The van der Waals surface area contributed by atoms with Gasteiger partial charge in [0.2, 0.25) is 5.91 Å². The first-order valence-electron chi connectivity index (χ1n) is 5.76. The number of rotatable bonds is 6. The Kier molecular flexibility index (Phi) is 5.73. The molecule has 0 spiro atoms. The first-order valence-corrected chi connectivity index (χ1v) is 7.82. The molecule has 0 unspecified atom stereocenters. The van der Waals surface area contributed by atoms with Gasteiger partial charge in [0, 0.05) is 11.9 Å². The molecule has 0 saturated heterocycles. The summed E-state index contributed by atoms with van der Waals surface area (Å²) in [6.07, 6.45) is -3.42. The van der Waals surface area contributed by atoms with Gasteiger partial charge in [-0.05, 0) is 17.7 Å². The van der Waals surface area contributed by atoms with Crippen LogP contribution in [0, 0.1) is 0 Å². The largest absolute Gasteiger partial charge is 0.411 e. The quantitative estimate of drug-likeness (QED) is 0.865. The topological polar surface area (TPSA) is 72.5 Å². The van der Waals surface area contributed by atoms with Crippen LogP contribution in [0.15, 0.2) is 24.3 Å². The number of hydrogen-bond acceptors (Lipinski definition) is 4. The standard InChI is InChI=1S/C12H14F3NO4S/c1-21(18,19)7-9-3-2-4-10(5-9)16-11(17)6-20-8-12(13,14)15/h2-5H,6-8H2,1H3,(H,16,17). The zero-order valence-corrected chi connectivity index (χ0v) is 11.9. The number of ether oxygens (including phenoxy) is 1. The molecule has 5 nitrogen and oxygen atoms in total. The average molecular weight is 325 g/mol. The Hall–Kier alpha value is -1.61. The van der Waals surface area contributed by atoms with Crippen LogP contribution >= 0.6 is 0 Å². The summed E-state index contributed by atoms with van der Waals surface area (Å²) in [6, 6.07) is 6.03. The Balaban J connectivity index is 2.55. The van der Waals surface area contributed by atoms with Crippen molar-refractivity contribution in [2.45, 2.75) is 11.9 Å². The summed E-state index contributed by atoms with van der Waals surface area (Å²) >= 11 is 0. The zero-order chi connectivity index (χ0) is 16.1. The highest BCUT2D eigenvalue weighted by Crippen LogP contribution is 2.15. The SMILES string of the molecule is CS(=O)(=O)Cc1cccc(NC(=O)COCC(F)(F)F)c1. The lowest BCUT2D eigenvalue weighted by Crippen LogP contribution is -2.24. The van der Waals surface area contributed by atoms with Crippen LogP contribution in [0.1, 0.15) is 5.56 Å². The lowest BCUT2D eigenvalue weighted by Gasteiger charge is -2.09. The highest BCUT2D eigenvalue weighted by atomic mass is 32.2. The summed E-state index contributed by atoms with van der Waals surface area (Å²) in [5.74, 6) is -0.947. The molecule has 0 heterocycles. The molecule has 0 bridgehead atoms. The normalized spacial score (nSPS) is 12.2. The third kappa shape index (κ3) is 8.30. The molecule has 1 N–H and O–H groups in total. The predicted octanol–water partition coefficient (Wildman–Crippen LogP) is 1.75. The number of carbonyl (C=O) groups is 1. The van der Waals surface area contributed by atoms with Crippen LogP contribution in [0.5, 0.6) is 0 Å². The minimum absolute atomic E-state index is 0.193. The summed E-state index contributed by atoms with van der Waals surface area (Å²) in [5.41, 5.74) is 0.753. The molecule has 21 heavy (non-hydrogen) atoms. The molecule has 0 radical (unpaired) electrons. The van der Waals surface area contributed by atoms with Gasteiger partial charge >= 0.3 is 6.18 Å². The number of halogens is 3. The van der Waals surface area contributed by atoms with E-state index in [1.165, 1.54) is 18.2 Å². The van der Waals surface area contributed by atoms with E-state index >= 15 is 0 Å². The fourth-order valence-electron chi connectivity index (χ4n) is 1.50. The number of hydrogen-bond donors (Lipinski definition) is 1. The molecule has 0 aliphatic carbocycles. The van der Waals surface area contributed by atoms with Crippen LogP contribution in [-0.2, 0) is 25.1 Å². The van der Waals surface area contributed by atoms with Crippen molar-refractivity contribution < 1.29 is 31.1 Å². The summed E-state index contributed by atoms with van der Waals surface area (Å²) in [5, 5.41) is 2.33. The zero-order valence-electron chi connectivity index (χ0n) is 11.1. The molecule has 0 aromatic heterocycles. The minimum atomic E-state index is -4.49. The molecule has 1 aromatic carbocycles. The second kappa shape index (κ2) is 6.90. The second-order valence-electron chi connectivity index (χ2n) is 4.43. The molecule has 0 fully saturated rings. The summed E-state index contributed by atoms with van der Waals surface area (Å²) < 4.78 is 62.0. The van der Waals surface area contributed by atoms with Gasteiger partial charge in [-0.15, -0.1) is 0 Å². The molecule has 0 atom stereocenters. The fraction of sp³-hybridized carbons (Fsp3) is 0.417. The smallest absolute Gasteiger partial charge is 0.362 e. The maximum atomic E-state index is 11.8. The minimum Gasteiger partial charge on any atom is -0.362 e. The Bertz CT molecular complexity index is 599. The van der Waals surface area contributed by atoms with Crippen LogP contribution < -0.4 is 5.32 Å². The Morgan fingerprint density at radius 1 is 1.33 bits per heavy atom. The molecule has 1 rings (SSSR count). The van der Waals surface area contributed by atoms with Crippen LogP contribution in [-0.4, -0.2) is 40.0 Å². The van der Waals surface area contributed by atoms with Crippen LogP contribution in [0.4, 0.5) is 18.9 Å². The number of alkyl halides is 3. The lowest BCUT2D eigenvalue weighted by atomic mass is 10.2. The number of anilines is 1. The van der Waals surface area contributed by atoms with Gasteiger partial charge in [-0.25, -0.2) is 8.42 Å². The van der Waals surface area contributed by atoms with E-state index in [0.717, 1.165) is 6.26 Å². The van der Waals surface area contributed by atoms with E-state index in [4.69, 9.17) is 0 Å². The number of benzene rings is 1. The number of carbonyl (C=O) groups excluding carboxylic acids is 1. The third-order valence-corrected chi connectivity index (χ3v) is 3.00. The summed E-state index contributed by atoms with van der Waals surface area (Å²) in [4.78, 5) is 11.4. The number of amides is 1. The van der Waals surface area contributed by atoms with Gasteiger partial charge in [0.05, 0.1) is 5.75 Å². The Morgan fingerprint density at radius 2 is 2.00 bits per heavy atom. The van der Waals surface area contributed by atoms with Gasteiger partial charge in [0.15, 0.2) is 9.84 Å². The van der Waals surface area contributed by atoms with Crippen LogP contribution in [0.3, 0.4) is 0 Å². The monoisotopic (exact) mass is 325 g/mol. The molecule has 0 aliphatic rings.